The van der Waals surface area contributed by atoms with E-state index in [-0.39, 0.29) is 0 Å². The first-order valence-electron chi connectivity index (χ1n) is 16.2. The molecule has 0 saturated carbocycles. The zero-order valence-electron chi connectivity index (χ0n) is 26.6. The van der Waals surface area contributed by atoms with Crippen LogP contribution in [0.15, 0.2) is 152 Å². The number of nitrogens with zero attached hydrogens (tertiary/aromatic N) is 2. The smallest absolute Gasteiger partial charge is 0.185 e. The normalized spacial score (nSPS) is 15.4. The van der Waals surface area contributed by atoms with Crippen LogP contribution in [0.2, 0.25) is 0 Å². The fraction of sp³-hybridized carbons (Fsp3) is 0.0233. The molecule has 49 heavy (non-hydrogen) atoms. The van der Waals surface area contributed by atoms with Crippen LogP contribution in [0.3, 0.4) is 0 Å². The van der Waals surface area contributed by atoms with E-state index in [4.69, 9.17) is 9.47 Å². The molecular formula is C43H29N2O3P. The van der Waals surface area contributed by atoms with Gasteiger partial charge in [-0.15, -0.1) is 0 Å². The molecule has 5 aromatic carbocycles. The Morgan fingerprint density at radius 3 is 1.71 bits per heavy atom. The van der Waals surface area contributed by atoms with Gasteiger partial charge in [0, 0.05) is 41.5 Å². The quantitative estimate of drug-likeness (QED) is 0.173. The van der Waals surface area contributed by atoms with Crippen LogP contribution in [0.4, 0.5) is 0 Å². The molecule has 1 unspecified atom stereocenters. The Bertz CT molecular complexity index is 2460. The second kappa shape index (κ2) is 11.6. The minimum absolute atomic E-state index is 0.531. The Hall–Kier alpha value is -6.03. The Morgan fingerprint density at radius 1 is 0.551 bits per heavy atom. The van der Waals surface area contributed by atoms with Gasteiger partial charge in [0.2, 0.25) is 0 Å². The van der Waals surface area contributed by atoms with Crippen LogP contribution in [0, 0.1) is 0 Å². The molecule has 0 N–H and O–H groups in total. The fourth-order valence-electron chi connectivity index (χ4n) is 6.96. The number of fused-ring (bicyclic) bond motifs is 4. The maximum Gasteiger partial charge on any atom is 0.185 e. The summed E-state index contributed by atoms with van der Waals surface area (Å²) < 4.78 is 30.3. The summed E-state index contributed by atoms with van der Waals surface area (Å²) in [6, 6.07) is 40.4. The van der Waals surface area contributed by atoms with E-state index in [9.17, 15) is 0 Å². The Kier molecular flexibility index (Phi) is 6.89. The van der Waals surface area contributed by atoms with Crippen molar-refractivity contribution in [2.24, 2.45) is 0 Å². The molecule has 1 atom stereocenters. The summed E-state index contributed by atoms with van der Waals surface area (Å²) in [5.74, 6) is 2.21. The van der Waals surface area contributed by atoms with Crippen LogP contribution >= 0.6 is 7.14 Å². The highest BCUT2D eigenvalue weighted by Crippen LogP contribution is 2.62. The van der Waals surface area contributed by atoms with E-state index in [0.717, 1.165) is 50.1 Å². The summed E-state index contributed by atoms with van der Waals surface area (Å²) in [5.41, 5.74) is 8.43. The van der Waals surface area contributed by atoms with Crippen LogP contribution in [-0.2, 0) is 4.57 Å². The number of pyridine rings is 2. The third-order valence-electron chi connectivity index (χ3n) is 9.24. The molecule has 234 valence electrons. The third kappa shape index (κ3) is 4.66. The van der Waals surface area contributed by atoms with E-state index in [1.165, 1.54) is 0 Å². The number of allylic oxidation sites excluding steroid dienone is 1. The van der Waals surface area contributed by atoms with Crippen molar-refractivity contribution in [3.63, 3.8) is 0 Å². The van der Waals surface area contributed by atoms with Gasteiger partial charge in [-0.1, -0.05) is 84.9 Å². The van der Waals surface area contributed by atoms with E-state index in [1.54, 1.807) is 18.6 Å². The van der Waals surface area contributed by atoms with Crippen molar-refractivity contribution < 1.29 is 14.0 Å². The van der Waals surface area contributed by atoms with Crippen LogP contribution in [0.1, 0.15) is 12.5 Å². The second-order valence-corrected chi connectivity index (χ2v) is 14.7. The lowest BCUT2D eigenvalue weighted by Gasteiger charge is -2.37. The van der Waals surface area contributed by atoms with Crippen molar-refractivity contribution >= 4 is 29.1 Å². The predicted octanol–water partition coefficient (Wildman–Crippen LogP) is 10.0. The van der Waals surface area contributed by atoms with Gasteiger partial charge in [-0.2, -0.15) is 0 Å². The molecule has 0 fully saturated rings. The highest BCUT2D eigenvalue weighted by molar-refractivity contribution is 7.86. The Morgan fingerprint density at radius 2 is 1.12 bits per heavy atom. The molecule has 5 nitrogen and oxygen atoms in total. The van der Waals surface area contributed by atoms with Gasteiger partial charge in [-0.25, -0.2) is 0 Å². The second-order valence-electron chi connectivity index (χ2n) is 12.1. The highest BCUT2D eigenvalue weighted by Gasteiger charge is 2.48. The molecule has 4 heterocycles. The summed E-state index contributed by atoms with van der Waals surface area (Å²) >= 11 is 0. The molecule has 0 amide bonds. The van der Waals surface area contributed by atoms with Gasteiger partial charge in [0.05, 0.1) is 10.6 Å². The molecule has 0 bridgehead atoms. The van der Waals surface area contributed by atoms with Gasteiger partial charge in [0.15, 0.2) is 12.9 Å². The minimum Gasteiger partial charge on any atom is -0.455 e. The van der Waals surface area contributed by atoms with Crippen LogP contribution in [-0.4, -0.2) is 9.97 Å². The predicted molar refractivity (Wildman–Crippen MR) is 198 cm³/mol. The Labute approximate surface area is 284 Å². The molecule has 0 spiro atoms. The first kappa shape index (κ1) is 29.1. The van der Waals surface area contributed by atoms with Gasteiger partial charge >= 0.3 is 0 Å². The average molecular weight is 653 g/mol. The number of benzene rings is 5. The summed E-state index contributed by atoms with van der Waals surface area (Å²) in [7, 11) is -3.56. The zero-order chi connectivity index (χ0) is 33.0. The lowest BCUT2D eigenvalue weighted by molar-refractivity contribution is 0.464. The van der Waals surface area contributed by atoms with Gasteiger partial charge in [0.1, 0.15) is 22.6 Å². The zero-order valence-corrected chi connectivity index (χ0v) is 27.5. The average Bonchev–Trinajstić information content (AvgIpc) is 3.16. The monoisotopic (exact) mass is 652 g/mol. The number of ether oxygens (including phenoxy) is 2. The van der Waals surface area contributed by atoms with E-state index in [0.29, 0.717) is 38.9 Å². The molecular weight excluding hydrogens is 623 g/mol. The Balaban J connectivity index is 1.38. The van der Waals surface area contributed by atoms with Crippen molar-refractivity contribution in [1.29, 1.82) is 0 Å². The molecule has 0 saturated heterocycles. The minimum atomic E-state index is -3.56. The first-order valence-corrected chi connectivity index (χ1v) is 17.9. The fourth-order valence-corrected chi connectivity index (χ4v) is 10.0. The van der Waals surface area contributed by atoms with E-state index < -0.39 is 7.14 Å². The lowest BCUT2D eigenvalue weighted by Crippen LogP contribution is -2.35. The highest BCUT2D eigenvalue weighted by atomic mass is 31.2. The number of hydrogen-bond donors (Lipinski definition) is 0. The van der Waals surface area contributed by atoms with Gasteiger partial charge in [-0.3, -0.25) is 9.97 Å². The van der Waals surface area contributed by atoms with Crippen molar-refractivity contribution in [1.82, 2.24) is 9.97 Å². The largest absolute Gasteiger partial charge is 0.455 e. The topological polar surface area (TPSA) is 61.3 Å². The van der Waals surface area contributed by atoms with Crippen molar-refractivity contribution in [2.45, 2.75) is 6.92 Å². The summed E-state index contributed by atoms with van der Waals surface area (Å²) in [4.78, 5) is 8.70. The SMILES string of the molecule is C/C=C/c1cnccc1-c1cc(-c2ccncc2)c2c3c1Oc1cc(-c4ccccc4)ccc1P3(=O)c1ccc(-c3ccccc3)cc1O2. The van der Waals surface area contributed by atoms with Gasteiger partial charge in [0.25, 0.3) is 0 Å². The molecule has 2 aliphatic heterocycles. The summed E-state index contributed by atoms with van der Waals surface area (Å²) in [6.45, 7) is 1.98. The molecule has 7 aromatic rings. The lowest BCUT2D eigenvalue weighted by atomic mass is 9.95. The van der Waals surface area contributed by atoms with E-state index in [1.807, 2.05) is 116 Å². The van der Waals surface area contributed by atoms with Crippen molar-refractivity contribution in [3.05, 3.63) is 158 Å². The molecule has 0 aliphatic carbocycles. The van der Waals surface area contributed by atoms with Crippen LogP contribution < -0.4 is 25.4 Å². The van der Waals surface area contributed by atoms with Crippen LogP contribution in [0.5, 0.6) is 23.0 Å². The van der Waals surface area contributed by atoms with E-state index >= 15 is 4.57 Å². The molecule has 6 heteroatoms. The third-order valence-corrected chi connectivity index (χ3v) is 12.4. The molecule has 0 radical (unpaired) electrons. The maximum absolute atomic E-state index is 16.4. The first-order chi connectivity index (χ1) is 24.1. The molecule has 2 aliphatic rings. The van der Waals surface area contributed by atoms with Crippen molar-refractivity contribution in [3.8, 4) is 67.5 Å². The van der Waals surface area contributed by atoms with Crippen LogP contribution in [0.25, 0.3) is 50.6 Å². The number of hydrogen-bond acceptors (Lipinski definition) is 5. The number of aromatic nitrogens is 2. The molecule has 9 rings (SSSR count). The maximum atomic E-state index is 16.4. The van der Waals surface area contributed by atoms with Gasteiger partial charge < -0.3 is 14.0 Å². The standard InChI is InChI=1S/C43H29N2O3P/c1-2-9-33-27-45-23-20-34(33)36-26-35(30-18-21-44-22-19-30)41-43-42(36)48-38-25-32(29-12-7-4-8-13-29)15-17-40(38)49(43,46)39-16-14-31(24-37(39)47-41)28-10-5-3-6-11-28/h2-27H,1H3/b9-2+. The summed E-state index contributed by atoms with van der Waals surface area (Å²) in [6.07, 6.45) is 11.2. The van der Waals surface area contributed by atoms with Crippen molar-refractivity contribution in [2.75, 3.05) is 0 Å². The van der Waals surface area contributed by atoms with E-state index in [2.05, 4.69) is 40.3 Å². The molecule has 2 aromatic heterocycles. The number of rotatable bonds is 5. The van der Waals surface area contributed by atoms with Gasteiger partial charge in [-0.05, 0) is 88.8 Å². The summed E-state index contributed by atoms with van der Waals surface area (Å²) in [5, 5.41) is 1.87.